The molecule has 3 N–H and O–H groups in total. The van der Waals surface area contributed by atoms with Crippen LogP contribution in [0.25, 0.3) is 10.2 Å². The van der Waals surface area contributed by atoms with E-state index < -0.39 is 0 Å². The maximum absolute atomic E-state index is 6.38. The standard InChI is InChI=1S/C18H22N6S/c1-11-5-4-8-24(9-11)17-14(19)16(20-10-21-17)23-18-22-15-12(2)6-3-7-13(15)25-18/h3,6-7,10-11H,4-5,8-9,19H2,1-2H3,(H,20,21,22,23). The summed E-state index contributed by atoms with van der Waals surface area (Å²) < 4.78 is 1.15. The molecule has 25 heavy (non-hydrogen) atoms. The van der Waals surface area contributed by atoms with Crippen LogP contribution in [-0.2, 0) is 0 Å². The molecular weight excluding hydrogens is 332 g/mol. The summed E-state index contributed by atoms with van der Waals surface area (Å²) in [6, 6.07) is 6.20. The minimum absolute atomic E-state index is 0.590. The van der Waals surface area contributed by atoms with E-state index in [1.165, 1.54) is 18.4 Å². The largest absolute Gasteiger partial charge is 0.393 e. The molecule has 1 aliphatic rings. The van der Waals surface area contributed by atoms with Crippen molar-refractivity contribution in [2.24, 2.45) is 5.92 Å². The number of benzene rings is 1. The highest BCUT2D eigenvalue weighted by molar-refractivity contribution is 7.22. The van der Waals surface area contributed by atoms with Crippen LogP contribution >= 0.6 is 11.3 Å². The average molecular weight is 354 g/mol. The summed E-state index contributed by atoms with van der Waals surface area (Å²) in [6.45, 7) is 6.32. The van der Waals surface area contributed by atoms with Gasteiger partial charge in [-0.05, 0) is 37.3 Å². The number of thiazole rings is 1. The Balaban J connectivity index is 1.64. The molecule has 4 rings (SSSR count). The maximum atomic E-state index is 6.38. The maximum Gasteiger partial charge on any atom is 0.189 e. The molecule has 1 atom stereocenters. The van der Waals surface area contributed by atoms with Gasteiger partial charge in [-0.2, -0.15) is 0 Å². The highest BCUT2D eigenvalue weighted by Gasteiger charge is 2.21. The first-order valence-corrected chi connectivity index (χ1v) is 9.42. The number of rotatable bonds is 3. The van der Waals surface area contributed by atoms with Crippen molar-refractivity contribution in [3.63, 3.8) is 0 Å². The Kier molecular flexibility index (Phi) is 4.17. The van der Waals surface area contributed by atoms with E-state index >= 15 is 0 Å². The van der Waals surface area contributed by atoms with Gasteiger partial charge >= 0.3 is 0 Å². The third kappa shape index (κ3) is 3.11. The van der Waals surface area contributed by atoms with Crippen LogP contribution in [0, 0.1) is 12.8 Å². The van der Waals surface area contributed by atoms with Gasteiger partial charge in [0.25, 0.3) is 0 Å². The van der Waals surface area contributed by atoms with Crippen LogP contribution in [0.15, 0.2) is 24.5 Å². The first kappa shape index (κ1) is 16.1. The highest BCUT2D eigenvalue weighted by atomic mass is 32.1. The van der Waals surface area contributed by atoms with Crippen LogP contribution in [0.1, 0.15) is 25.3 Å². The molecule has 1 saturated heterocycles. The second kappa shape index (κ2) is 6.48. The third-order valence-electron chi connectivity index (χ3n) is 4.67. The lowest BCUT2D eigenvalue weighted by Crippen LogP contribution is -2.35. The topological polar surface area (TPSA) is 80.0 Å². The lowest BCUT2D eigenvalue weighted by Gasteiger charge is -2.32. The molecule has 2 aromatic heterocycles. The van der Waals surface area contributed by atoms with E-state index in [9.17, 15) is 0 Å². The summed E-state index contributed by atoms with van der Waals surface area (Å²) in [5, 5.41) is 4.08. The SMILES string of the molecule is Cc1cccc2sc(Nc3ncnc(N4CCCC(C)C4)c3N)nc12. The van der Waals surface area contributed by atoms with Crippen molar-refractivity contribution in [3.8, 4) is 0 Å². The summed E-state index contributed by atoms with van der Waals surface area (Å²) >= 11 is 1.61. The fourth-order valence-electron chi connectivity index (χ4n) is 3.36. The third-order valence-corrected chi connectivity index (χ3v) is 5.60. The number of aromatic nitrogens is 3. The molecule has 1 aliphatic heterocycles. The average Bonchev–Trinajstić information content (AvgIpc) is 3.01. The van der Waals surface area contributed by atoms with Crippen molar-refractivity contribution >= 4 is 44.0 Å². The fourth-order valence-corrected chi connectivity index (χ4v) is 4.30. The van der Waals surface area contributed by atoms with Crippen LogP contribution in [0.2, 0.25) is 0 Å². The van der Waals surface area contributed by atoms with Crippen molar-refractivity contribution < 1.29 is 0 Å². The van der Waals surface area contributed by atoms with Crippen LogP contribution < -0.4 is 16.0 Å². The molecule has 0 bridgehead atoms. The number of nitrogens with zero attached hydrogens (tertiary/aromatic N) is 4. The lowest BCUT2D eigenvalue weighted by molar-refractivity contribution is 0.445. The van der Waals surface area contributed by atoms with Crippen molar-refractivity contribution in [1.82, 2.24) is 15.0 Å². The van der Waals surface area contributed by atoms with Crippen LogP contribution in [0.4, 0.5) is 22.5 Å². The van der Waals surface area contributed by atoms with Gasteiger partial charge in [0, 0.05) is 13.1 Å². The molecule has 3 aromatic rings. The molecule has 130 valence electrons. The molecule has 3 heterocycles. The smallest absolute Gasteiger partial charge is 0.189 e. The van der Waals surface area contributed by atoms with Gasteiger partial charge in [-0.1, -0.05) is 30.4 Å². The molecule has 0 amide bonds. The molecule has 0 saturated carbocycles. The van der Waals surface area contributed by atoms with Crippen molar-refractivity contribution in [3.05, 3.63) is 30.1 Å². The molecular formula is C18H22N6S. The molecule has 6 nitrogen and oxygen atoms in total. The number of hydrogen-bond donors (Lipinski definition) is 2. The molecule has 1 aromatic carbocycles. The Morgan fingerprint density at radius 2 is 2.20 bits per heavy atom. The van der Waals surface area contributed by atoms with Gasteiger partial charge in [0.15, 0.2) is 16.8 Å². The van der Waals surface area contributed by atoms with Crippen LogP contribution in [0.3, 0.4) is 0 Å². The Morgan fingerprint density at radius 3 is 3.00 bits per heavy atom. The normalized spacial score (nSPS) is 17.8. The number of nitrogen functional groups attached to an aromatic ring is 1. The molecule has 7 heteroatoms. The molecule has 1 fully saturated rings. The second-order valence-electron chi connectivity index (χ2n) is 6.72. The second-order valence-corrected chi connectivity index (χ2v) is 7.75. The fraction of sp³-hybridized carbons (Fsp3) is 0.389. The van der Waals surface area contributed by atoms with Crippen molar-refractivity contribution in [1.29, 1.82) is 0 Å². The number of piperidine rings is 1. The zero-order valence-electron chi connectivity index (χ0n) is 14.5. The summed E-state index contributed by atoms with van der Waals surface area (Å²) in [4.78, 5) is 15.7. The lowest BCUT2D eigenvalue weighted by atomic mass is 10.0. The van der Waals surface area contributed by atoms with Gasteiger partial charge in [0.2, 0.25) is 0 Å². The zero-order chi connectivity index (χ0) is 17.4. The molecule has 0 spiro atoms. The van der Waals surface area contributed by atoms with Crippen LogP contribution in [-0.4, -0.2) is 28.0 Å². The van der Waals surface area contributed by atoms with E-state index in [-0.39, 0.29) is 0 Å². The Morgan fingerprint density at radius 1 is 1.32 bits per heavy atom. The number of hydrogen-bond acceptors (Lipinski definition) is 7. The Labute approximate surface area is 151 Å². The summed E-state index contributed by atoms with van der Waals surface area (Å²) in [5.41, 5.74) is 9.16. The van der Waals surface area contributed by atoms with Gasteiger partial charge in [0.05, 0.1) is 10.2 Å². The predicted octanol–water partition coefficient (Wildman–Crippen LogP) is 3.96. The van der Waals surface area contributed by atoms with E-state index in [0.29, 0.717) is 17.4 Å². The van der Waals surface area contributed by atoms with Gasteiger partial charge in [-0.15, -0.1) is 0 Å². The first-order chi connectivity index (χ1) is 12.1. The van der Waals surface area contributed by atoms with Crippen molar-refractivity contribution in [2.75, 3.05) is 29.0 Å². The minimum Gasteiger partial charge on any atom is -0.393 e. The van der Waals surface area contributed by atoms with Gasteiger partial charge < -0.3 is 16.0 Å². The number of para-hydroxylation sites is 1. The summed E-state index contributed by atoms with van der Waals surface area (Å²) in [5.74, 6) is 2.10. The Hall–Kier alpha value is -2.41. The highest BCUT2D eigenvalue weighted by Crippen LogP contribution is 2.34. The van der Waals surface area contributed by atoms with Crippen molar-refractivity contribution in [2.45, 2.75) is 26.7 Å². The van der Waals surface area contributed by atoms with E-state index in [4.69, 9.17) is 5.73 Å². The van der Waals surface area contributed by atoms with Gasteiger partial charge in [-0.25, -0.2) is 15.0 Å². The number of nitrogens with two attached hydrogens (primary N) is 1. The summed E-state index contributed by atoms with van der Waals surface area (Å²) in [6.07, 6.45) is 4.01. The number of aryl methyl sites for hydroxylation is 1. The molecule has 0 aliphatic carbocycles. The van der Waals surface area contributed by atoms with E-state index in [1.807, 2.05) is 6.07 Å². The zero-order valence-corrected chi connectivity index (χ0v) is 15.3. The number of anilines is 4. The first-order valence-electron chi connectivity index (χ1n) is 8.60. The monoisotopic (exact) mass is 354 g/mol. The summed E-state index contributed by atoms with van der Waals surface area (Å²) in [7, 11) is 0. The molecule has 1 unspecified atom stereocenters. The minimum atomic E-state index is 0.590. The van der Waals surface area contributed by atoms with E-state index in [0.717, 1.165) is 34.3 Å². The quantitative estimate of drug-likeness (QED) is 0.741. The predicted molar refractivity (Wildman–Crippen MR) is 105 cm³/mol. The van der Waals surface area contributed by atoms with E-state index in [1.54, 1.807) is 17.7 Å². The number of nitrogens with one attached hydrogen (secondary N) is 1. The van der Waals surface area contributed by atoms with E-state index in [2.05, 4.69) is 51.1 Å². The molecule has 0 radical (unpaired) electrons. The van der Waals surface area contributed by atoms with Gasteiger partial charge in [0.1, 0.15) is 12.0 Å². The van der Waals surface area contributed by atoms with Gasteiger partial charge in [-0.3, -0.25) is 0 Å². The number of fused-ring (bicyclic) bond motifs is 1. The Bertz CT molecular complexity index is 906. The van der Waals surface area contributed by atoms with Crippen LogP contribution in [0.5, 0.6) is 0 Å².